The summed E-state index contributed by atoms with van der Waals surface area (Å²) in [4.78, 5) is 19.8. The molecule has 0 aliphatic carbocycles. The van der Waals surface area contributed by atoms with E-state index in [0.717, 1.165) is 11.5 Å². The first kappa shape index (κ1) is 16.1. The Morgan fingerprint density at radius 3 is 2.64 bits per heavy atom. The van der Waals surface area contributed by atoms with Crippen molar-refractivity contribution in [1.29, 1.82) is 5.26 Å². The number of aromatic nitrogens is 1. The molecule has 1 heterocycles. The summed E-state index contributed by atoms with van der Waals surface area (Å²) in [6.45, 7) is 0. The van der Waals surface area contributed by atoms with Crippen molar-refractivity contribution in [2.75, 3.05) is 0 Å². The monoisotopic (exact) mass is 333 g/mol. The maximum atomic E-state index is 14.4. The number of fused-ring (bicyclic) bond motifs is 1. The van der Waals surface area contributed by atoms with E-state index in [0.29, 0.717) is 11.1 Å². The first-order valence-corrected chi connectivity index (χ1v) is 7.22. The van der Waals surface area contributed by atoms with Gasteiger partial charge in [0.15, 0.2) is 5.96 Å². The van der Waals surface area contributed by atoms with Crippen molar-refractivity contribution >= 4 is 22.6 Å². The highest BCUT2D eigenvalue weighted by atomic mass is 19.1. The third kappa shape index (κ3) is 3.14. The number of halogens is 1. The van der Waals surface area contributed by atoms with Gasteiger partial charge in [-0.05, 0) is 41.8 Å². The van der Waals surface area contributed by atoms with Crippen molar-refractivity contribution in [3.8, 4) is 17.3 Å². The van der Waals surface area contributed by atoms with Crippen LogP contribution < -0.4 is 11.5 Å². The van der Waals surface area contributed by atoms with E-state index in [1.807, 2.05) is 6.07 Å². The molecule has 25 heavy (non-hydrogen) atoms. The summed E-state index contributed by atoms with van der Waals surface area (Å²) in [6.07, 6.45) is 1.55. The molecule has 6 nitrogen and oxygen atoms in total. The SMILES string of the molecule is N#Cc1ccc(-c2nccc3ccc(C(=O)N=C(N)N)cc23)c(F)c1. The number of nitriles is 1. The van der Waals surface area contributed by atoms with Gasteiger partial charge in [0.1, 0.15) is 5.82 Å². The standard InChI is InChI=1S/C18H12FN5O/c19-15-7-10(9-20)1-4-13(15)16-14-8-12(17(25)24-18(21)22)3-2-11(14)5-6-23-16/h1-8H,(H4,21,22,24,25). The minimum absolute atomic E-state index is 0.213. The number of nitrogens with zero attached hydrogens (tertiary/aromatic N) is 3. The highest BCUT2D eigenvalue weighted by Crippen LogP contribution is 2.29. The van der Waals surface area contributed by atoms with Crippen LogP contribution in [-0.2, 0) is 0 Å². The number of aliphatic imine (C=N–C) groups is 1. The number of amides is 1. The molecule has 0 bridgehead atoms. The Hall–Kier alpha value is -3.79. The van der Waals surface area contributed by atoms with E-state index >= 15 is 0 Å². The molecule has 0 unspecified atom stereocenters. The first-order valence-electron chi connectivity index (χ1n) is 7.22. The molecule has 0 fully saturated rings. The van der Waals surface area contributed by atoms with Crippen molar-refractivity contribution in [3.05, 3.63) is 65.6 Å². The average molecular weight is 333 g/mol. The number of nitrogens with two attached hydrogens (primary N) is 2. The molecule has 3 rings (SSSR count). The first-order chi connectivity index (χ1) is 12.0. The molecule has 3 aromatic rings. The summed E-state index contributed by atoms with van der Waals surface area (Å²) in [5.41, 5.74) is 11.5. The Kier molecular flexibility index (Phi) is 4.10. The van der Waals surface area contributed by atoms with Crippen LogP contribution in [0.2, 0.25) is 0 Å². The summed E-state index contributed by atoms with van der Waals surface area (Å²) in [6, 6.07) is 12.6. The van der Waals surface area contributed by atoms with Gasteiger partial charge in [-0.15, -0.1) is 0 Å². The second-order valence-corrected chi connectivity index (χ2v) is 5.24. The van der Waals surface area contributed by atoms with Gasteiger partial charge in [0.05, 0.1) is 17.3 Å². The maximum Gasteiger partial charge on any atom is 0.280 e. The minimum atomic E-state index is -0.600. The van der Waals surface area contributed by atoms with E-state index in [1.165, 1.54) is 12.1 Å². The van der Waals surface area contributed by atoms with Crippen molar-refractivity contribution in [2.24, 2.45) is 16.5 Å². The van der Waals surface area contributed by atoms with E-state index in [1.54, 1.807) is 30.5 Å². The van der Waals surface area contributed by atoms with Crippen LogP contribution in [0.15, 0.2) is 53.7 Å². The van der Waals surface area contributed by atoms with Crippen molar-refractivity contribution in [1.82, 2.24) is 4.98 Å². The van der Waals surface area contributed by atoms with E-state index < -0.39 is 11.7 Å². The normalized spacial score (nSPS) is 10.2. The largest absolute Gasteiger partial charge is 0.370 e. The lowest BCUT2D eigenvalue weighted by atomic mass is 10.0. The van der Waals surface area contributed by atoms with E-state index in [2.05, 4.69) is 9.98 Å². The average Bonchev–Trinajstić information content (AvgIpc) is 2.60. The number of carbonyl (C=O) groups excluding carboxylic acids is 1. The van der Waals surface area contributed by atoms with Crippen molar-refractivity contribution < 1.29 is 9.18 Å². The Bertz CT molecular complexity index is 1060. The number of hydrogen-bond acceptors (Lipinski definition) is 3. The molecule has 0 spiro atoms. The Labute approximate surface area is 142 Å². The molecule has 1 aromatic heterocycles. The van der Waals surface area contributed by atoms with Crippen LogP contribution in [0.4, 0.5) is 4.39 Å². The van der Waals surface area contributed by atoms with Crippen LogP contribution in [0, 0.1) is 17.1 Å². The summed E-state index contributed by atoms with van der Waals surface area (Å²) in [5.74, 6) is -1.51. The van der Waals surface area contributed by atoms with Gasteiger partial charge in [0.2, 0.25) is 0 Å². The van der Waals surface area contributed by atoms with E-state index in [-0.39, 0.29) is 22.6 Å². The number of rotatable bonds is 2. The van der Waals surface area contributed by atoms with Gasteiger partial charge in [-0.25, -0.2) is 4.39 Å². The predicted molar refractivity (Wildman–Crippen MR) is 92.0 cm³/mol. The minimum Gasteiger partial charge on any atom is -0.370 e. The fourth-order valence-electron chi connectivity index (χ4n) is 2.47. The number of hydrogen-bond donors (Lipinski definition) is 2. The molecule has 0 aliphatic rings. The molecular weight excluding hydrogens is 321 g/mol. The highest BCUT2D eigenvalue weighted by Gasteiger charge is 2.13. The zero-order valence-electron chi connectivity index (χ0n) is 12.9. The molecule has 0 atom stereocenters. The van der Waals surface area contributed by atoms with Crippen LogP contribution in [0.3, 0.4) is 0 Å². The Balaban J connectivity index is 2.21. The topological polar surface area (TPSA) is 118 Å². The lowest BCUT2D eigenvalue weighted by Gasteiger charge is -2.08. The van der Waals surface area contributed by atoms with Gasteiger partial charge < -0.3 is 11.5 Å². The summed E-state index contributed by atoms with van der Waals surface area (Å²) < 4.78 is 14.4. The van der Waals surface area contributed by atoms with Gasteiger partial charge in [-0.1, -0.05) is 6.07 Å². The summed E-state index contributed by atoms with van der Waals surface area (Å²) in [7, 11) is 0. The number of carbonyl (C=O) groups is 1. The van der Waals surface area contributed by atoms with Gasteiger partial charge in [-0.3, -0.25) is 9.78 Å². The van der Waals surface area contributed by atoms with E-state index in [4.69, 9.17) is 16.7 Å². The fourth-order valence-corrected chi connectivity index (χ4v) is 2.47. The van der Waals surface area contributed by atoms with Crippen LogP contribution >= 0.6 is 0 Å². The molecule has 2 aromatic carbocycles. The Morgan fingerprint density at radius 2 is 1.96 bits per heavy atom. The lowest BCUT2D eigenvalue weighted by Crippen LogP contribution is -2.24. The van der Waals surface area contributed by atoms with Crippen molar-refractivity contribution in [2.45, 2.75) is 0 Å². The molecule has 0 aliphatic heterocycles. The van der Waals surface area contributed by atoms with Gasteiger partial charge >= 0.3 is 0 Å². The molecule has 7 heteroatoms. The number of pyridine rings is 1. The molecule has 0 radical (unpaired) electrons. The smallest absolute Gasteiger partial charge is 0.280 e. The number of benzene rings is 2. The Morgan fingerprint density at radius 1 is 1.16 bits per heavy atom. The maximum absolute atomic E-state index is 14.4. The quantitative estimate of drug-likeness (QED) is 0.551. The second kappa shape index (κ2) is 6.37. The van der Waals surface area contributed by atoms with Crippen LogP contribution in [0.1, 0.15) is 15.9 Å². The van der Waals surface area contributed by atoms with Gasteiger partial charge in [0, 0.05) is 22.7 Å². The third-order valence-corrected chi connectivity index (χ3v) is 3.60. The third-order valence-electron chi connectivity index (χ3n) is 3.60. The molecule has 1 amide bonds. The van der Waals surface area contributed by atoms with Crippen LogP contribution in [0.5, 0.6) is 0 Å². The van der Waals surface area contributed by atoms with Crippen molar-refractivity contribution in [3.63, 3.8) is 0 Å². The van der Waals surface area contributed by atoms with Gasteiger partial charge in [0.25, 0.3) is 5.91 Å². The molecule has 122 valence electrons. The highest BCUT2D eigenvalue weighted by molar-refractivity contribution is 6.05. The zero-order chi connectivity index (χ0) is 18.0. The van der Waals surface area contributed by atoms with Crippen LogP contribution in [0.25, 0.3) is 22.0 Å². The molecule has 0 saturated carbocycles. The second-order valence-electron chi connectivity index (χ2n) is 5.24. The predicted octanol–water partition coefficient (Wildman–Crippen LogP) is 2.33. The molecule has 4 N–H and O–H groups in total. The molecular formula is C18H12FN5O. The number of guanidine groups is 1. The van der Waals surface area contributed by atoms with Gasteiger partial charge in [-0.2, -0.15) is 10.3 Å². The molecule has 0 saturated heterocycles. The lowest BCUT2D eigenvalue weighted by molar-refractivity contribution is 0.100. The zero-order valence-corrected chi connectivity index (χ0v) is 12.9. The summed E-state index contributed by atoms with van der Waals surface area (Å²) >= 11 is 0. The van der Waals surface area contributed by atoms with Crippen LogP contribution in [-0.4, -0.2) is 16.9 Å². The van der Waals surface area contributed by atoms with E-state index in [9.17, 15) is 9.18 Å². The summed E-state index contributed by atoms with van der Waals surface area (Å²) in [5, 5.41) is 10.2. The fraction of sp³-hybridized carbons (Fsp3) is 0.